The van der Waals surface area contributed by atoms with Crippen LogP contribution in [0.25, 0.3) is 0 Å². The van der Waals surface area contributed by atoms with E-state index in [1.165, 1.54) is 19.2 Å². The van der Waals surface area contributed by atoms with E-state index in [1.807, 2.05) is 6.07 Å². The van der Waals surface area contributed by atoms with E-state index in [0.29, 0.717) is 17.7 Å². The van der Waals surface area contributed by atoms with E-state index in [2.05, 4.69) is 4.90 Å². The fourth-order valence-corrected chi connectivity index (χ4v) is 2.50. The van der Waals surface area contributed by atoms with Crippen LogP contribution in [0.15, 0.2) is 18.2 Å². The second kappa shape index (κ2) is 6.49. The summed E-state index contributed by atoms with van der Waals surface area (Å²) in [5, 5.41) is 8.84. The van der Waals surface area contributed by atoms with E-state index in [-0.39, 0.29) is 17.7 Å². The summed E-state index contributed by atoms with van der Waals surface area (Å²) in [5.74, 6) is -0.507. The lowest BCUT2D eigenvalue weighted by Crippen LogP contribution is -2.36. The van der Waals surface area contributed by atoms with Gasteiger partial charge in [-0.05, 0) is 44.1 Å². The van der Waals surface area contributed by atoms with Crippen LogP contribution in [0.3, 0.4) is 0 Å². The molecule has 1 fully saturated rings. The van der Waals surface area contributed by atoms with E-state index in [1.54, 1.807) is 6.07 Å². The van der Waals surface area contributed by atoms with Crippen molar-refractivity contribution >= 4 is 5.97 Å². The smallest absolute Gasteiger partial charge is 0.308 e. The minimum absolute atomic E-state index is 0.0495. The van der Waals surface area contributed by atoms with Crippen molar-refractivity contribution in [3.63, 3.8) is 0 Å². The first-order valence-electron chi connectivity index (χ1n) is 6.62. The number of hydrogen-bond acceptors (Lipinski definition) is 4. The lowest BCUT2D eigenvalue weighted by atomic mass is 9.96. The highest BCUT2D eigenvalue weighted by Gasteiger charge is 2.25. The third kappa shape index (κ3) is 3.34. The number of piperidine rings is 1. The van der Waals surface area contributed by atoms with Crippen molar-refractivity contribution in [3.05, 3.63) is 35.1 Å². The van der Waals surface area contributed by atoms with Crippen molar-refractivity contribution in [1.82, 2.24) is 4.90 Å². The summed E-state index contributed by atoms with van der Waals surface area (Å²) < 4.78 is 18.4. The summed E-state index contributed by atoms with van der Waals surface area (Å²) in [6, 6.07) is 6.40. The van der Waals surface area contributed by atoms with Crippen LogP contribution in [0.1, 0.15) is 24.0 Å². The molecule has 0 saturated carbocycles. The molecule has 106 valence electrons. The predicted octanol–water partition coefficient (Wildman–Crippen LogP) is 2.08. The highest BCUT2D eigenvalue weighted by atomic mass is 19.1. The summed E-state index contributed by atoms with van der Waals surface area (Å²) in [7, 11) is 1.40. The van der Waals surface area contributed by atoms with Crippen molar-refractivity contribution in [1.29, 1.82) is 5.26 Å². The highest BCUT2D eigenvalue weighted by molar-refractivity contribution is 5.72. The van der Waals surface area contributed by atoms with Crippen molar-refractivity contribution in [2.75, 3.05) is 20.2 Å². The second-order valence-corrected chi connectivity index (χ2v) is 4.99. The van der Waals surface area contributed by atoms with Crippen LogP contribution in [0.5, 0.6) is 0 Å². The quantitative estimate of drug-likeness (QED) is 0.793. The van der Waals surface area contributed by atoms with Gasteiger partial charge in [-0.2, -0.15) is 5.26 Å². The van der Waals surface area contributed by atoms with E-state index in [4.69, 9.17) is 10.00 Å². The zero-order valence-electron chi connectivity index (χ0n) is 11.4. The molecule has 2 rings (SSSR count). The topological polar surface area (TPSA) is 53.3 Å². The van der Waals surface area contributed by atoms with Gasteiger partial charge in [-0.1, -0.05) is 0 Å². The second-order valence-electron chi connectivity index (χ2n) is 4.99. The van der Waals surface area contributed by atoms with Gasteiger partial charge in [-0.25, -0.2) is 4.39 Å². The summed E-state index contributed by atoms with van der Waals surface area (Å²) in [4.78, 5) is 13.5. The van der Waals surface area contributed by atoms with Gasteiger partial charge in [0.1, 0.15) is 5.82 Å². The Balaban J connectivity index is 1.96. The number of benzene rings is 1. The van der Waals surface area contributed by atoms with Crippen molar-refractivity contribution < 1.29 is 13.9 Å². The van der Waals surface area contributed by atoms with Gasteiger partial charge >= 0.3 is 5.97 Å². The number of methoxy groups -OCH3 is 1. The van der Waals surface area contributed by atoms with Crippen molar-refractivity contribution in [3.8, 4) is 6.07 Å². The standard InChI is InChI=1S/C15H17FN2O2/c1-20-15(19)12-4-6-18(7-5-12)10-13-8-11(9-17)2-3-14(13)16/h2-3,8,12H,4-7,10H2,1H3. The molecule has 0 bridgehead atoms. The number of rotatable bonds is 3. The van der Waals surface area contributed by atoms with Gasteiger partial charge in [0.25, 0.3) is 0 Å². The highest BCUT2D eigenvalue weighted by Crippen LogP contribution is 2.21. The molecular formula is C15H17FN2O2. The summed E-state index contributed by atoms with van der Waals surface area (Å²) in [6.45, 7) is 1.93. The fraction of sp³-hybridized carbons (Fsp3) is 0.467. The van der Waals surface area contributed by atoms with Gasteiger partial charge in [0.05, 0.1) is 24.7 Å². The Morgan fingerprint density at radius 3 is 2.80 bits per heavy atom. The van der Waals surface area contributed by atoms with Gasteiger partial charge in [0, 0.05) is 12.1 Å². The van der Waals surface area contributed by atoms with Crippen molar-refractivity contribution in [2.45, 2.75) is 19.4 Å². The van der Waals surface area contributed by atoms with Gasteiger partial charge in [-0.15, -0.1) is 0 Å². The van der Waals surface area contributed by atoms with Crippen LogP contribution in [-0.2, 0) is 16.1 Å². The molecule has 5 heteroatoms. The van der Waals surface area contributed by atoms with Crippen molar-refractivity contribution in [2.24, 2.45) is 5.92 Å². The van der Waals surface area contributed by atoms with Gasteiger partial charge in [-0.3, -0.25) is 9.69 Å². The molecule has 0 spiro atoms. The van der Waals surface area contributed by atoms with E-state index >= 15 is 0 Å². The minimum atomic E-state index is -0.293. The molecule has 0 unspecified atom stereocenters. The maximum atomic E-state index is 13.7. The third-order valence-electron chi connectivity index (χ3n) is 3.69. The molecule has 1 saturated heterocycles. The zero-order valence-corrected chi connectivity index (χ0v) is 11.4. The maximum absolute atomic E-state index is 13.7. The summed E-state index contributed by atoms with van der Waals surface area (Å²) >= 11 is 0. The first-order valence-corrected chi connectivity index (χ1v) is 6.62. The molecule has 1 heterocycles. The molecule has 1 aliphatic rings. The number of hydrogen-bond donors (Lipinski definition) is 0. The molecule has 0 aromatic heterocycles. The Hall–Kier alpha value is -1.93. The molecule has 1 aliphatic heterocycles. The average Bonchev–Trinajstić information content (AvgIpc) is 2.49. The number of carbonyl (C=O) groups excluding carboxylic acids is 1. The monoisotopic (exact) mass is 276 g/mol. The first-order chi connectivity index (χ1) is 9.63. The largest absolute Gasteiger partial charge is 0.469 e. The molecule has 1 aromatic carbocycles. The molecular weight excluding hydrogens is 259 g/mol. The van der Waals surface area contributed by atoms with Crippen LogP contribution < -0.4 is 0 Å². The molecule has 1 aromatic rings. The first kappa shape index (κ1) is 14.5. The van der Waals surface area contributed by atoms with E-state index < -0.39 is 0 Å². The lowest BCUT2D eigenvalue weighted by molar-refractivity contribution is -0.147. The molecule has 0 amide bonds. The molecule has 0 N–H and O–H groups in total. The predicted molar refractivity (Wildman–Crippen MR) is 71.1 cm³/mol. The fourth-order valence-electron chi connectivity index (χ4n) is 2.50. The maximum Gasteiger partial charge on any atom is 0.308 e. The number of likely N-dealkylation sites (tertiary alicyclic amines) is 1. The zero-order chi connectivity index (χ0) is 14.5. The molecule has 20 heavy (non-hydrogen) atoms. The van der Waals surface area contributed by atoms with E-state index in [9.17, 15) is 9.18 Å². The van der Waals surface area contributed by atoms with Gasteiger partial charge in [0.2, 0.25) is 0 Å². The van der Waals surface area contributed by atoms with Crippen LogP contribution in [-0.4, -0.2) is 31.1 Å². The normalized spacial score (nSPS) is 16.6. The Labute approximate surface area is 117 Å². The SMILES string of the molecule is COC(=O)C1CCN(Cc2cc(C#N)ccc2F)CC1. The summed E-state index contributed by atoms with van der Waals surface area (Å²) in [5.41, 5.74) is 0.992. The molecule has 0 atom stereocenters. The number of nitriles is 1. The Morgan fingerprint density at radius 2 is 2.20 bits per heavy atom. The Bertz CT molecular complexity index is 531. The molecule has 4 nitrogen and oxygen atoms in total. The summed E-state index contributed by atoms with van der Waals surface area (Å²) in [6.07, 6.45) is 1.46. The number of carbonyl (C=O) groups is 1. The Morgan fingerprint density at radius 1 is 1.50 bits per heavy atom. The van der Waals surface area contributed by atoms with Crippen LogP contribution >= 0.6 is 0 Å². The Kier molecular flexibility index (Phi) is 4.70. The van der Waals surface area contributed by atoms with Gasteiger partial charge < -0.3 is 4.74 Å². The van der Waals surface area contributed by atoms with E-state index in [0.717, 1.165) is 25.9 Å². The number of esters is 1. The molecule has 0 aliphatic carbocycles. The third-order valence-corrected chi connectivity index (χ3v) is 3.69. The molecule has 0 radical (unpaired) electrons. The average molecular weight is 276 g/mol. The number of halogens is 1. The number of ether oxygens (including phenoxy) is 1. The van der Waals surface area contributed by atoms with Crippen LogP contribution in [0.2, 0.25) is 0 Å². The lowest BCUT2D eigenvalue weighted by Gasteiger charge is -2.30. The van der Waals surface area contributed by atoms with Gasteiger partial charge in [0.15, 0.2) is 0 Å². The number of nitrogens with zero attached hydrogens (tertiary/aromatic N) is 2. The van der Waals surface area contributed by atoms with Crippen LogP contribution in [0.4, 0.5) is 4.39 Å². The van der Waals surface area contributed by atoms with Crippen LogP contribution in [0, 0.1) is 23.1 Å². The minimum Gasteiger partial charge on any atom is -0.469 e.